The van der Waals surface area contributed by atoms with Crippen LogP contribution in [0.2, 0.25) is 5.15 Å². The predicted molar refractivity (Wildman–Crippen MR) is 79.1 cm³/mol. The number of methoxy groups -OCH3 is 1. The van der Waals surface area contributed by atoms with E-state index in [0.717, 1.165) is 0 Å². The summed E-state index contributed by atoms with van der Waals surface area (Å²) in [6.45, 7) is 0. The number of rotatable bonds is 2. The lowest BCUT2D eigenvalue weighted by molar-refractivity contribution is 0.0602. The number of fused-ring (bicyclic) bond motifs is 1. The van der Waals surface area contributed by atoms with Crippen molar-refractivity contribution in [3.63, 3.8) is 0 Å². The maximum atomic E-state index is 13.0. The molecule has 2 heterocycles. The summed E-state index contributed by atoms with van der Waals surface area (Å²) in [7, 11) is 1.27. The molecule has 0 radical (unpaired) electrons. The molecular weight excluding hydrogens is 309 g/mol. The Morgan fingerprint density at radius 2 is 1.91 bits per heavy atom. The minimum absolute atomic E-state index is 0.124. The highest BCUT2D eigenvalue weighted by Crippen LogP contribution is 2.27. The molecule has 2 aromatic heterocycles. The lowest BCUT2D eigenvalue weighted by Crippen LogP contribution is -2.05. The Hall–Kier alpha value is -2.60. The van der Waals surface area contributed by atoms with Crippen molar-refractivity contribution < 1.29 is 13.9 Å². The lowest BCUT2D eigenvalue weighted by atomic mass is 10.1. The van der Waals surface area contributed by atoms with Crippen molar-refractivity contribution in [2.75, 3.05) is 7.11 Å². The zero-order valence-electron chi connectivity index (χ0n) is 11.4. The van der Waals surface area contributed by atoms with Gasteiger partial charge in [-0.05, 0) is 30.3 Å². The SMILES string of the molecule is COC(=O)c1cc(-c2ccc(F)cc2)nc2c(Cl)ncnc12. The summed E-state index contributed by atoms with van der Waals surface area (Å²) in [6.07, 6.45) is 1.25. The van der Waals surface area contributed by atoms with Gasteiger partial charge in [0.05, 0.1) is 18.4 Å². The summed E-state index contributed by atoms with van der Waals surface area (Å²) in [4.78, 5) is 24.2. The fourth-order valence-corrected chi connectivity index (χ4v) is 2.22. The number of halogens is 2. The zero-order chi connectivity index (χ0) is 15.7. The first kappa shape index (κ1) is 14.3. The number of nitrogens with zero attached hydrogens (tertiary/aromatic N) is 3. The average Bonchev–Trinajstić information content (AvgIpc) is 2.54. The maximum Gasteiger partial charge on any atom is 0.340 e. The molecule has 1 aromatic carbocycles. The van der Waals surface area contributed by atoms with Gasteiger partial charge in [0.2, 0.25) is 0 Å². The van der Waals surface area contributed by atoms with Crippen molar-refractivity contribution >= 4 is 28.6 Å². The molecule has 22 heavy (non-hydrogen) atoms. The quantitative estimate of drug-likeness (QED) is 0.536. The van der Waals surface area contributed by atoms with Gasteiger partial charge in [-0.2, -0.15) is 0 Å². The number of carbonyl (C=O) groups is 1. The van der Waals surface area contributed by atoms with Gasteiger partial charge in [0.1, 0.15) is 23.2 Å². The number of hydrogen-bond acceptors (Lipinski definition) is 5. The second kappa shape index (κ2) is 5.65. The number of pyridine rings is 1. The van der Waals surface area contributed by atoms with Gasteiger partial charge in [-0.15, -0.1) is 0 Å². The van der Waals surface area contributed by atoms with E-state index in [9.17, 15) is 9.18 Å². The van der Waals surface area contributed by atoms with Crippen LogP contribution < -0.4 is 0 Å². The van der Waals surface area contributed by atoms with Crippen LogP contribution in [0.1, 0.15) is 10.4 Å². The zero-order valence-corrected chi connectivity index (χ0v) is 12.1. The molecule has 0 aliphatic rings. The van der Waals surface area contributed by atoms with Crippen LogP contribution in [-0.2, 0) is 4.74 Å². The van der Waals surface area contributed by atoms with E-state index in [2.05, 4.69) is 15.0 Å². The van der Waals surface area contributed by atoms with Crippen LogP contribution in [0.4, 0.5) is 4.39 Å². The molecule has 0 atom stereocenters. The van der Waals surface area contributed by atoms with Gasteiger partial charge < -0.3 is 4.74 Å². The van der Waals surface area contributed by atoms with E-state index in [-0.39, 0.29) is 22.1 Å². The third-order valence-electron chi connectivity index (χ3n) is 3.09. The van der Waals surface area contributed by atoms with Crippen molar-refractivity contribution in [3.05, 3.63) is 53.2 Å². The van der Waals surface area contributed by atoms with E-state index >= 15 is 0 Å². The normalized spacial score (nSPS) is 10.7. The van der Waals surface area contributed by atoms with Gasteiger partial charge in [-0.1, -0.05) is 11.6 Å². The number of ether oxygens (including phenoxy) is 1. The van der Waals surface area contributed by atoms with Gasteiger partial charge >= 0.3 is 5.97 Å². The number of benzene rings is 1. The Balaban J connectivity index is 2.30. The van der Waals surface area contributed by atoms with Crippen LogP contribution in [0.3, 0.4) is 0 Å². The summed E-state index contributed by atoms with van der Waals surface area (Å²) in [5.41, 5.74) is 1.89. The molecule has 0 N–H and O–H groups in total. The monoisotopic (exact) mass is 317 g/mol. The molecule has 3 aromatic rings. The molecule has 3 rings (SSSR count). The first-order valence-corrected chi connectivity index (χ1v) is 6.63. The first-order valence-electron chi connectivity index (χ1n) is 6.25. The van der Waals surface area contributed by atoms with E-state index in [1.807, 2.05) is 0 Å². The number of aromatic nitrogens is 3. The second-order valence-electron chi connectivity index (χ2n) is 4.42. The average molecular weight is 318 g/mol. The summed E-state index contributed by atoms with van der Waals surface area (Å²) in [6, 6.07) is 7.26. The van der Waals surface area contributed by atoms with Crippen molar-refractivity contribution in [3.8, 4) is 11.3 Å². The molecule has 0 aliphatic carbocycles. The van der Waals surface area contributed by atoms with E-state index in [0.29, 0.717) is 16.8 Å². The van der Waals surface area contributed by atoms with Crippen LogP contribution in [0, 0.1) is 5.82 Å². The summed E-state index contributed by atoms with van der Waals surface area (Å²) in [5.74, 6) is -0.926. The Bertz CT molecular complexity index is 869. The van der Waals surface area contributed by atoms with Crippen LogP contribution in [0.5, 0.6) is 0 Å². The first-order chi connectivity index (χ1) is 10.6. The molecule has 7 heteroatoms. The summed E-state index contributed by atoms with van der Waals surface area (Å²) >= 11 is 6.04. The third-order valence-corrected chi connectivity index (χ3v) is 3.37. The molecule has 0 saturated carbocycles. The largest absolute Gasteiger partial charge is 0.465 e. The highest BCUT2D eigenvalue weighted by Gasteiger charge is 2.17. The molecule has 0 spiro atoms. The molecule has 0 saturated heterocycles. The molecule has 0 aliphatic heterocycles. The minimum Gasteiger partial charge on any atom is -0.465 e. The Morgan fingerprint density at radius 3 is 2.59 bits per heavy atom. The molecular formula is C15H9ClFN3O2. The fraction of sp³-hybridized carbons (Fsp3) is 0.0667. The van der Waals surface area contributed by atoms with E-state index < -0.39 is 5.97 Å². The minimum atomic E-state index is -0.564. The molecule has 0 amide bonds. The van der Waals surface area contributed by atoms with Crippen molar-refractivity contribution in [1.29, 1.82) is 0 Å². The predicted octanol–water partition coefficient (Wildman–Crippen LogP) is 3.27. The van der Waals surface area contributed by atoms with Crippen LogP contribution in [-0.4, -0.2) is 28.0 Å². The van der Waals surface area contributed by atoms with Crippen LogP contribution in [0.15, 0.2) is 36.7 Å². The standard InChI is InChI=1S/C15H9ClFN3O2/c1-22-15(21)10-6-11(8-2-4-9(17)5-3-8)20-13-12(10)18-7-19-14(13)16/h2-7H,1H3. The Morgan fingerprint density at radius 1 is 1.18 bits per heavy atom. The van der Waals surface area contributed by atoms with Gasteiger partial charge in [-0.3, -0.25) is 0 Å². The Labute approximate surface area is 129 Å². The highest BCUT2D eigenvalue weighted by atomic mass is 35.5. The fourth-order valence-electron chi connectivity index (χ4n) is 2.05. The van der Waals surface area contributed by atoms with Crippen molar-refractivity contribution in [1.82, 2.24) is 15.0 Å². The van der Waals surface area contributed by atoms with E-state index in [4.69, 9.17) is 16.3 Å². The summed E-state index contributed by atoms with van der Waals surface area (Å²) in [5, 5.41) is 0.124. The topological polar surface area (TPSA) is 65.0 Å². The molecule has 0 unspecified atom stereocenters. The number of esters is 1. The van der Waals surface area contributed by atoms with E-state index in [1.54, 1.807) is 12.1 Å². The molecule has 0 fully saturated rings. The Kier molecular flexibility index (Phi) is 3.68. The van der Waals surface area contributed by atoms with Crippen molar-refractivity contribution in [2.45, 2.75) is 0 Å². The molecule has 110 valence electrons. The van der Waals surface area contributed by atoms with Crippen LogP contribution in [0.25, 0.3) is 22.3 Å². The van der Waals surface area contributed by atoms with Gasteiger partial charge in [0.15, 0.2) is 5.15 Å². The molecule has 0 bridgehead atoms. The second-order valence-corrected chi connectivity index (χ2v) is 4.77. The third kappa shape index (κ3) is 2.48. The highest BCUT2D eigenvalue weighted by molar-refractivity contribution is 6.34. The number of carbonyl (C=O) groups excluding carboxylic acids is 1. The van der Waals surface area contributed by atoms with Gasteiger partial charge in [-0.25, -0.2) is 24.1 Å². The number of hydrogen-bond donors (Lipinski definition) is 0. The maximum absolute atomic E-state index is 13.0. The smallest absolute Gasteiger partial charge is 0.340 e. The molecule has 5 nitrogen and oxygen atoms in total. The van der Waals surface area contributed by atoms with E-state index in [1.165, 1.54) is 31.6 Å². The van der Waals surface area contributed by atoms with Gasteiger partial charge in [0, 0.05) is 5.56 Å². The summed E-state index contributed by atoms with van der Waals surface area (Å²) < 4.78 is 17.8. The van der Waals surface area contributed by atoms with Crippen molar-refractivity contribution in [2.24, 2.45) is 0 Å². The lowest BCUT2D eigenvalue weighted by Gasteiger charge is -2.08. The van der Waals surface area contributed by atoms with Crippen LogP contribution >= 0.6 is 11.6 Å². The van der Waals surface area contributed by atoms with Gasteiger partial charge in [0.25, 0.3) is 0 Å².